The molecule has 102 valence electrons. The molecule has 0 saturated carbocycles. The molecule has 1 unspecified atom stereocenters. The summed E-state index contributed by atoms with van der Waals surface area (Å²) in [6.07, 6.45) is 4.20. The summed E-state index contributed by atoms with van der Waals surface area (Å²) in [5.74, 6) is 0.960. The van der Waals surface area contributed by atoms with Gasteiger partial charge < -0.3 is 15.5 Å². The molecular formula is C16H17N3O. The van der Waals surface area contributed by atoms with Gasteiger partial charge in [-0.15, -0.1) is 0 Å². The van der Waals surface area contributed by atoms with Crippen molar-refractivity contribution in [1.82, 2.24) is 4.98 Å². The van der Waals surface area contributed by atoms with Crippen LogP contribution in [0, 0.1) is 0 Å². The Bertz CT molecular complexity index is 707. The van der Waals surface area contributed by atoms with Gasteiger partial charge in [0.25, 0.3) is 0 Å². The molecule has 0 amide bonds. The number of anilines is 2. The molecule has 0 saturated heterocycles. The third kappa shape index (κ3) is 2.45. The molecule has 1 atom stereocenters. The minimum absolute atomic E-state index is 0.217. The van der Waals surface area contributed by atoms with Gasteiger partial charge in [-0.1, -0.05) is 18.2 Å². The molecule has 4 nitrogen and oxygen atoms in total. The Hall–Kier alpha value is -2.49. The van der Waals surface area contributed by atoms with Crippen LogP contribution in [-0.2, 0) is 6.42 Å². The number of hydrogen-bond acceptors (Lipinski definition) is 4. The predicted molar refractivity (Wildman–Crippen MR) is 81.7 cm³/mol. The Balaban J connectivity index is 1.88. The van der Waals surface area contributed by atoms with Gasteiger partial charge in [-0.25, -0.2) is 0 Å². The third-order valence-corrected chi connectivity index (χ3v) is 3.28. The second kappa shape index (κ2) is 5.25. The van der Waals surface area contributed by atoms with Crippen LogP contribution in [0.1, 0.15) is 12.7 Å². The molecule has 3 rings (SSSR count). The molecule has 2 heterocycles. The fraction of sp³-hybridized carbons (Fsp3) is 0.188. The standard InChI is InChI=1S/C16H17N3O/c1-11(9-12-5-4-8-20-12)19-16-13-6-2-3-7-15(13)18-10-14(16)17/h2-8,10-11H,9,17H2,1H3,(H,18,19). The quantitative estimate of drug-likeness (QED) is 0.760. The molecular weight excluding hydrogens is 250 g/mol. The van der Waals surface area contributed by atoms with Gasteiger partial charge in [0.1, 0.15) is 5.76 Å². The highest BCUT2D eigenvalue weighted by atomic mass is 16.3. The maximum atomic E-state index is 6.06. The zero-order valence-electron chi connectivity index (χ0n) is 11.3. The van der Waals surface area contributed by atoms with Crippen LogP contribution in [0.5, 0.6) is 0 Å². The minimum atomic E-state index is 0.217. The fourth-order valence-electron chi connectivity index (χ4n) is 2.35. The highest BCUT2D eigenvalue weighted by Gasteiger charge is 2.11. The summed E-state index contributed by atoms with van der Waals surface area (Å²) in [6.45, 7) is 2.11. The topological polar surface area (TPSA) is 64.1 Å². The van der Waals surface area contributed by atoms with Gasteiger partial charge >= 0.3 is 0 Å². The Morgan fingerprint density at radius 1 is 1.25 bits per heavy atom. The summed E-state index contributed by atoms with van der Waals surface area (Å²) in [7, 11) is 0. The normalized spacial score (nSPS) is 12.4. The van der Waals surface area contributed by atoms with Crippen molar-refractivity contribution in [3.63, 3.8) is 0 Å². The first-order chi connectivity index (χ1) is 9.74. The molecule has 0 radical (unpaired) electrons. The Morgan fingerprint density at radius 2 is 2.10 bits per heavy atom. The van der Waals surface area contributed by atoms with E-state index >= 15 is 0 Å². The second-order valence-corrected chi connectivity index (χ2v) is 4.93. The van der Waals surface area contributed by atoms with Crippen molar-refractivity contribution in [2.24, 2.45) is 0 Å². The van der Waals surface area contributed by atoms with E-state index in [4.69, 9.17) is 10.2 Å². The largest absolute Gasteiger partial charge is 0.469 e. The summed E-state index contributed by atoms with van der Waals surface area (Å²) in [5, 5.41) is 4.51. The molecule has 0 aliphatic carbocycles. The van der Waals surface area contributed by atoms with Crippen LogP contribution in [0.25, 0.3) is 10.9 Å². The van der Waals surface area contributed by atoms with Gasteiger partial charge in [-0.2, -0.15) is 0 Å². The van der Waals surface area contributed by atoms with Crippen molar-refractivity contribution >= 4 is 22.3 Å². The summed E-state index contributed by atoms with van der Waals surface area (Å²) >= 11 is 0. The van der Waals surface area contributed by atoms with Gasteiger partial charge in [0.15, 0.2) is 0 Å². The monoisotopic (exact) mass is 267 g/mol. The lowest BCUT2D eigenvalue weighted by Crippen LogP contribution is -2.19. The Morgan fingerprint density at radius 3 is 2.90 bits per heavy atom. The number of nitrogen functional groups attached to an aromatic ring is 1. The molecule has 0 aliphatic rings. The van der Waals surface area contributed by atoms with Crippen molar-refractivity contribution in [2.45, 2.75) is 19.4 Å². The number of para-hydroxylation sites is 1. The van der Waals surface area contributed by atoms with E-state index in [1.165, 1.54) is 0 Å². The molecule has 0 aliphatic heterocycles. The average Bonchev–Trinajstić information content (AvgIpc) is 2.95. The second-order valence-electron chi connectivity index (χ2n) is 4.93. The number of fused-ring (bicyclic) bond motifs is 1. The van der Waals surface area contributed by atoms with Gasteiger partial charge in [0, 0.05) is 17.8 Å². The average molecular weight is 267 g/mol. The van der Waals surface area contributed by atoms with E-state index in [1.807, 2.05) is 36.4 Å². The van der Waals surface area contributed by atoms with Crippen molar-refractivity contribution in [1.29, 1.82) is 0 Å². The first-order valence-corrected chi connectivity index (χ1v) is 6.66. The molecule has 1 aromatic carbocycles. The van der Waals surface area contributed by atoms with Crippen LogP contribution in [0.2, 0.25) is 0 Å². The number of rotatable bonds is 4. The van der Waals surface area contributed by atoms with Gasteiger partial charge in [0.2, 0.25) is 0 Å². The van der Waals surface area contributed by atoms with Crippen LogP contribution in [0.15, 0.2) is 53.3 Å². The van der Waals surface area contributed by atoms with Crippen molar-refractivity contribution in [3.8, 4) is 0 Å². The Kier molecular flexibility index (Phi) is 3.29. The van der Waals surface area contributed by atoms with Crippen molar-refractivity contribution in [3.05, 3.63) is 54.6 Å². The number of aromatic nitrogens is 1. The SMILES string of the molecule is CC(Cc1ccco1)Nc1c(N)cnc2ccccc12. The summed E-state index contributed by atoms with van der Waals surface area (Å²) in [6, 6.07) is 12.1. The maximum absolute atomic E-state index is 6.06. The van der Waals surface area contributed by atoms with Gasteiger partial charge in [0.05, 0.1) is 29.4 Å². The zero-order valence-corrected chi connectivity index (χ0v) is 11.3. The molecule has 2 aromatic heterocycles. The summed E-state index contributed by atoms with van der Waals surface area (Å²) in [5.41, 5.74) is 8.60. The third-order valence-electron chi connectivity index (χ3n) is 3.28. The van der Waals surface area contributed by atoms with Gasteiger partial charge in [-0.05, 0) is 25.1 Å². The zero-order chi connectivity index (χ0) is 13.9. The maximum Gasteiger partial charge on any atom is 0.105 e. The predicted octanol–water partition coefficient (Wildman–Crippen LogP) is 3.45. The number of pyridine rings is 1. The van der Waals surface area contributed by atoms with E-state index in [1.54, 1.807) is 12.5 Å². The number of nitrogens with zero attached hydrogens (tertiary/aromatic N) is 1. The number of hydrogen-bond donors (Lipinski definition) is 2. The molecule has 3 N–H and O–H groups in total. The van der Waals surface area contributed by atoms with E-state index < -0.39 is 0 Å². The van der Waals surface area contributed by atoms with E-state index in [0.29, 0.717) is 5.69 Å². The lowest BCUT2D eigenvalue weighted by atomic mass is 10.1. The van der Waals surface area contributed by atoms with Gasteiger partial charge in [-0.3, -0.25) is 4.98 Å². The van der Waals surface area contributed by atoms with E-state index in [9.17, 15) is 0 Å². The van der Waals surface area contributed by atoms with Crippen LogP contribution in [0.3, 0.4) is 0 Å². The lowest BCUT2D eigenvalue weighted by Gasteiger charge is -2.17. The lowest BCUT2D eigenvalue weighted by molar-refractivity contribution is 0.498. The smallest absolute Gasteiger partial charge is 0.105 e. The molecule has 4 heteroatoms. The van der Waals surface area contributed by atoms with Crippen LogP contribution >= 0.6 is 0 Å². The number of benzene rings is 1. The molecule has 0 bridgehead atoms. The number of nitrogens with two attached hydrogens (primary N) is 1. The van der Waals surface area contributed by atoms with Crippen LogP contribution < -0.4 is 11.1 Å². The van der Waals surface area contributed by atoms with E-state index in [0.717, 1.165) is 28.8 Å². The van der Waals surface area contributed by atoms with Crippen molar-refractivity contribution < 1.29 is 4.42 Å². The molecule has 3 aromatic rings. The fourth-order valence-corrected chi connectivity index (χ4v) is 2.35. The van der Waals surface area contributed by atoms with E-state index in [2.05, 4.69) is 17.2 Å². The van der Waals surface area contributed by atoms with Crippen LogP contribution in [-0.4, -0.2) is 11.0 Å². The molecule has 20 heavy (non-hydrogen) atoms. The van der Waals surface area contributed by atoms with E-state index in [-0.39, 0.29) is 6.04 Å². The molecule has 0 spiro atoms. The Labute approximate surface area is 117 Å². The summed E-state index contributed by atoms with van der Waals surface area (Å²) in [4.78, 5) is 4.34. The highest BCUT2D eigenvalue weighted by Crippen LogP contribution is 2.28. The van der Waals surface area contributed by atoms with Crippen molar-refractivity contribution in [2.75, 3.05) is 11.1 Å². The number of nitrogens with one attached hydrogen (secondary N) is 1. The first kappa shape index (κ1) is 12.5. The number of furan rings is 1. The molecule has 0 fully saturated rings. The first-order valence-electron chi connectivity index (χ1n) is 6.66. The van der Waals surface area contributed by atoms with Crippen LogP contribution in [0.4, 0.5) is 11.4 Å². The minimum Gasteiger partial charge on any atom is -0.469 e. The highest BCUT2D eigenvalue weighted by molar-refractivity contribution is 5.96. The summed E-state index contributed by atoms with van der Waals surface area (Å²) < 4.78 is 5.38.